The Morgan fingerprint density at radius 1 is 1.29 bits per heavy atom. The van der Waals surface area contributed by atoms with E-state index >= 15 is 0 Å². The molecular weight excluding hydrogens is 356 g/mol. The maximum atomic E-state index is 11.8. The van der Waals surface area contributed by atoms with Crippen molar-refractivity contribution in [2.45, 2.75) is 6.61 Å². The summed E-state index contributed by atoms with van der Waals surface area (Å²) in [5.74, 6) is -0.270. The van der Waals surface area contributed by atoms with Crippen LogP contribution in [0.15, 0.2) is 46.9 Å². The fraction of sp³-hybridized carbons (Fsp3) is 0.133. The molecular formula is C15H14BrClN2O2. The second-order valence-electron chi connectivity index (χ2n) is 4.37. The van der Waals surface area contributed by atoms with Gasteiger partial charge >= 0.3 is 0 Å². The summed E-state index contributed by atoms with van der Waals surface area (Å²) >= 11 is 9.41. The van der Waals surface area contributed by atoms with Crippen molar-refractivity contribution in [2.75, 3.05) is 17.7 Å². The van der Waals surface area contributed by atoms with Crippen molar-refractivity contribution >= 4 is 44.8 Å². The van der Waals surface area contributed by atoms with Crippen LogP contribution >= 0.6 is 27.5 Å². The molecule has 110 valence electrons. The highest BCUT2D eigenvalue weighted by molar-refractivity contribution is 9.10. The Balaban J connectivity index is 1.84. The van der Waals surface area contributed by atoms with Crippen LogP contribution in [-0.4, -0.2) is 12.5 Å². The van der Waals surface area contributed by atoms with Crippen molar-refractivity contribution in [3.63, 3.8) is 0 Å². The molecule has 1 amide bonds. The molecule has 0 saturated heterocycles. The highest BCUT2D eigenvalue weighted by Gasteiger charge is 2.07. The highest BCUT2D eigenvalue weighted by Crippen LogP contribution is 2.24. The predicted octanol–water partition coefficient (Wildman–Crippen LogP) is 3.84. The maximum absolute atomic E-state index is 11.8. The summed E-state index contributed by atoms with van der Waals surface area (Å²) in [6.45, 7) is 0.298. The lowest BCUT2D eigenvalue weighted by Gasteiger charge is -2.09. The zero-order valence-electron chi connectivity index (χ0n) is 11.1. The summed E-state index contributed by atoms with van der Waals surface area (Å²) in [4.78, 5) is 11.8. The molecule has 2 rings (SSSR count). The van der Waals surface area contributed by atoms with Gasteiger partial charge in [-0.05, 0) is 29.8 Å². The van der Waals surface area contributed by atoms with Crippen LogP contribution in [0.3, 0.4) is 0 Å². The number of benzene rings is 2. The van der Waals surface area contributed by atoms with Crippen molar-refractivity contribution in [1.82, 2.24) is 0 Å². The van der Waals surface area contributed by atoms with E-state index in [9.17, 15) is 4.79 Å². The number of nitrogen functional groups attached to an aromatic ring is 1. The van der Waals surface area contributed by atoms with Gasteiger partial charge in [-0.2, -0.15) is 0 Å². The number of carbonyl (C=O) groups excluding carboxylic acids is 1. The van der Waals surface area contributed by atoms with Gasteiger partial charge in [0, 0.05) is 10.2 Å². The first-order valence-electron chi connectivity index (χ1n) is 6.22. The lowest BCUT2D eigenvalue weighted by molar-refractivity contribution is -0.121. The van der Waals surface area contributed by atoms with Crippen LogP contribution in [0, 0.1) is 0 Å². The third-order valence-electron chi connectivity index (χ3n) is 2.72. The number of hydrogen-bond acceptors (Lipinski definition) is 3. The van der Waals surface area contributed by atoms with Crippen LogP contribution in [-0.2, 0) is 16.1 Å². The van der Waals surface area contributed by atoms with Gasteiger partial charge in [0.25, 0.3) is 0 Å². The van der Waals surface area contributed by atoms with Crippen LogP contribution in [0.4, 0.5) is 11.4 Å². The third-order valence-corrected chi connectivity index (χ3v) is 3.80. The van der Waals surface area contributed by atoms with Gasteiger partial charge in [-0.1, -0.05) is 45.7 Å². The van der Waals surface area contributed by atoms with Gasteiger partial charge in [-0.3, -0.25) is 4.79 Å². The molecule has 0 aliphatic rings. The quantitative estimate of drug-likeness (QED) is 0.787. The number of rotatable bonds is 5. The second-order valence-corrected chi connectivity index (χ2v) is 5.63. The molecule has 0 heterocycles. The largest absolute Gasteiger partial charge is 0.399 e. The lowest BCUT2D eigenvalue weighted by atomic mass is 10.2. The van der Waals surface area contributed by atoms with E-state index < -0.39 is 0 Å². The van der Waals surface area contributed by atoms with E-state index in [1.807, 2.05) is 24.3 Å². The number of ether oxygens (including phenoxy) is 1. The lowest BCUT2D eigenvalue weighted by Crippen LogP contribution is -2.18. The summed E-state index contributed by atoms with van der Waals surface area (Å²) in [6.07, 6.45) is 0. The average Bonchev–Trinajstić information content (AvgIpc) is 2.44. The number of carbonyl (C=O) groups is 1. The van der Waals surface area contributed by atoms with Gasteiger partial charge in [0.2, 0.25) is 5.91 Å². The zero-order chi connectivity index (χ0) is 15.2. The Morgan fingerprint density at radius 3 is 2.76 bits per heavy atom. The van der Waals surface area contributed by atoms with Crippen LogP contribution in [0.25, 0.3) is 0 Å². The van der Waals surface area contributed by atoms with Gasteiger partial charge in [-0.25, -0.2) is 0 Å². The molecule has 6 heteroatoms. The number of anilines is 2. The van der Waals surface area contributed by atoms with Crippen molar-refractivity contribution in [1.29, 1.82) is 0 Å². The van der Waals surface area contributed by atoms with Crippen molar-refractivity contribution in [3.05, 3.63) is 57.5 Å². The number of amides is 1. The number of hydrogen-bond donors (Lipinski definition) is 2. The molecule has 0 atom stereocenters. The number of halogens is 2. The minimum absolute atomic E-state index is 0.0535. The molecule has 0 radical (unpaired) electrons. The van der Waals surface area contributed by atoms with Crippen molar-refractivity contribution in [2.24, 2.45) is 0 Å². The smallest absolute Gasteiger partial charge is 0.250 e. The van der Waals surface area contributed by atoms with E-state index in [-0.39, 0.29) is 12.5 Å². The second kappa shape index (κ2) is 7.45. The Morgan fingerprint density at radius 2 is 2.05 bits per heavy atom. The maximum Gasteiger partial charge on any atom is 0.250 e. The fourth-order valence-corrected chi connectivity index (χ4v) is 2.32. The Hall–Kier alpha value is -1.56. The third kappa shape index (κ3) is 4.74. The Labute approximate surface area is 136 Å². The molecule has 0 aliphatic heterocycles. The monoisotopic (exact) mass is 368 g/mol. The summed E-state index contributed by atoms with van der Waals surface area (Å²) in [7, 11) is 0. The van der Waals surface area contributed by atoms with E-state index in [4.69, 9.17) is 22.1 Å². The summed E-state index contributed by atoms with van der Waals surface area (Å²) in [5, 5.41) is 3.07. The van der Waals surface area contributed by atoms with Crippen molar-refractivity contribution in [3.8, 4) is 0 Å². The number of nitrogens with one attached hydrogen (secondary N) is 1. The molecule has 2 aromatic carbocycles. The van der Waals surface area contributed by atoms with Gasteiger partial charge in [0.1, 0.15) is 6.61 Å². The molecule has 0 aromatic heterocycles. The fourth-order valence-electron chi connectivity index (χ4n) is 1.69. The summed E-state index contributed by atoms with van der Waals surface area (Å²) < 4.78 is 6.34. The summed E-state index contributed by atoms with van der Waals surface area (Å²) in [6, 6.07) is 12.6. The molecule has 0 aliphatic carbocycles. The molecule has 0 bridgehead atoms. The van der Waals surface area contributed by atoms with E-state index in [2.05, 4.69) is 21.2 Å². The van der Waals surface area contributed by atoms with Crippen molar-refractivity contribution < 1.29 is 9.53 Å². The average molecular weight is 370 g/mol. The first-order chi connectivity index (χ1) is 10.1. The first kappa shape index (κ1) is 15.8. The minimum atomic E-state index is -0.270. The zero-order valence-corrected chi connectivity index (χ0v) is 13.4. The molecule has 2 aromatic rings. The van der Waals surface area contributed by atoms with Crippen LogP contribution in [0.5, 0.6) is 0 Å². The molecule has 0 unspecified atom stereocenters. The number of nitrogens with two attached hydrogens (primary N) is 1. The van der Waals surface area contributed by atoms with E-state index in [0.717, 1.165) is 10.0 Å². The summed E-state index contributed by atoms with van der Waals surface area (Å²) in [5.41, 5.74) is 7.63. The van der Waals surface area contributed by atoms with E-state index in [1.54, 1.807) is 18.2 Å². The van der Waals surface area contributed by atoms with Gasteiger partial charge in [-0.15, -0.1) is 0 Å². The Kier molecular flexibility index (Phi) is 5.61. The molecule has 21 heavy (non-hydrogen) atoms. The van der Waals surface area contributed by atoms with Gasteiger partial charge < -0.3 is 15.8 Å². The SMILES string of the molecule is Nc1ccc(NC(=O)COCc2ccccc2Br)c(Cl)c1. The van der Waals surface area contributed by atoms with Crippen LogP contribution in [0.1, 0.15) is 5.56 Å². The predicted molar refractivity (Wildman–Crippen MR) is 88.3 cm³/mol. The van der Waals surface area contributed by atoms with Crippen LogP contribution in [0.2, 0.25) is 5.02 Å². The van der Waals surface area contributed by atoms with Crippen LogP contribution < -0.4 is 11.1 Å². The molecule has 0 saturated carbocycles. The van der Waals surface area contributed by atoms with Gasteiger partial charge in [0.15, 0.2) is 0 Å². The molecule has 0 fully saturated rings. The molecule has 3 N–H and O–H groups in total. The minimum Gasteiger partial charge on any atom is -0.399 e. The Bertz CT molecular complexity index is 649. The molecule has 4 nitrogen and oxygen atoms in total. The van der Waals surface area contributed by atoms with E-state index in [1.165, 1.54) is 0 Å². The first-order valence-corrected chi connectivity index (χ1v) is 7.39. The normalized spacial score (nSPS) is 10.4. The van der Waals surface area contributed by atoms with E-state index in [0.29, 0.717) is 23.0 Å². The molecule has 0 spiro atoms. The topological polar surface area (TPSA) is 64.3 Å². The highest BCUT2D eigenvalue weighted by atomic mass is 79.9. The van der Waals surface area contributed by atoms with Gasteiger partial charge in [0.05, 0.1) is 17.3 Å². The standard InChI is InChI=1S/C15H14BrClN2O2/c16-12-4-2-1-3-10(12)8-21-9-15(20)19-14-6-5-11(18)7-13(14)17/h1-7H,8-9,18H2,(H,19,20).